The lowest BCUT2D eigenvalue weighted by Crippen LogP contribution is -2.05. The molecule has 2 N–H and O–H groups in total. The first-order valence-electron chi connectivity index (χ1n) is 5.36. The topological polar surface area (TPSA) is 44.9 Å². The maximum atomic E-state index is 11.0. The van der Waals surface area contributed by atoms with Crippen LogP contribution in [-0.2, 0) is 4.79 Å². The van der Waals surface area contributed by atoms with Crippen molar-refractivity contribution in [1.29, 1.82) is 0 Å². The Morgan fingerprint density at radius 3 is 2.56 bits per heavy atom. The van der Waals surface area contributed by atoms with E-state index in [1.165, 1.54) is 29.1 Å². The molecule has 3 nitrogen and oxygen atoms in total. The number of carbonyl (C=O) groups excluding carboxylic acids is 1. The fourth-order valence-corrected chi connectivity index (χ4v) is 2.14. The largest absolute Gasteiger partial charge is 0.358 e. The molecule has 2 rings (SSSR count). The van der Waals surface area contributed by atoms with Gasteiger partial charge in [-0.3, -0.25) is 4.79 Å². The third-order valence-electron chi connectivity index (χ3n) is 2.92. The number of aromatic amines is 1. The van der Waals surface area contributed by atoms with E-state index in [1.807, 2.05) is 12.1 Å². The van der Waals surface area contributed by atoms with Crippen LogP contribution in [0.1, 0.15) is 23.7 Å². The quantitative estimate of drug-likeness (QED) is 0.756. The first-order valence-corrected chi connectivity index (χ1v) is 5.36. The summed E-state index contributed by atoms with van der Waals surface area (Å²) >= 11 is 0. The predicted octanol–water partition coefficient (Wildman–Crippen LogP) is 3.05. The molecule has 0 aliphatic carbocycles. The molecule has 84 valence electrons. The lowest BCUT2D eigenvalue weighted by atomic mass is 10.1. The van der Waals surface area contributed by atoms with Gasteiger partial charge in [0, 0.05) is 29.2 Å². The van der Waals surface area contributed by atoms with Crippen LogP contribution >= 0.6 is 0 Å². The van der Waals surface area contributed by atoms with Gasteiger partial charge < -0.3 is 10.3 Å². The summed E-state index contributed by atoms with van der Waals surface area (Å²) in [5.41, 5.74) is 5.57. The Kier molecular flexibility index (Phi) is 2.46. The number of rotatable bonds is 1. The second-order valence-corrected chi connectivity index (χ2v) is 4.27. The Morgan fingerprint density at radius 2 is 1.94 bits per heavy atom. The van der Waals surface area contributed by atoms with E-state index in [1.54, 1.807) is 0 Å². The number of hydrogen-bond donors (Lipinski definition) is 2. The molecule has 0 aliphatic rings. The van der Waals surface area contributed by atoms with Crippen LogP contribution in [0.15, 0.2) is 12.1 Å². The van der Waals surface area contributed by atoms with E-state index in [0.717, 1.165) is 11.2 Å². The van der Waals surface area contributed by atoms with Crippen LogP contribution in [0.2, 0.25) is 0 Å². The minimum Gasteiger partial charge on any atom is -0.358 e. The molecule has 16 heavy (non-hydrogen) atoms. The molecule has 0 fully saturated rings. The van der Waals surface area contributed by atoms with Crippen molar-refractivity contribution in [3.05, 3.63) is 29.0 Å². The highest BCUT2D eigenvalue weighted by Crippen LogP contribution is 2.27. The molecule has 0 bridgehead atoms. The Labute approximate surface area is 94.9 Å². The van der Waals surface area contributed by atoms with Gasteiger partial charge in [-0.1, -0.05) is 0 Å². The van der Waals surface area contributed by atoms with E-state index in [2.05, 4.69) is 31.1 Å². The molecule has 1 heterocycles. The number of carbonyl (C=O) groups is 1. The molecule has 0 radical (unpaired) electrons. The van der Waals surface area contributed by atoms with Crippen LogP contribution in [0.4, 0.5) is 5.69 Å². The molecule has 0 spiro atoms. The first-order chi connectivity index (χ1) is 7.49. The van der Waals surface area contributed by atoms with Gasteiger partial charge in [-0.15, -0.1) is 0 Å². The Morgan fingerprint density at radius 1 is 1.25 bits per heavy atom. The highest BCUT2D eigenvalue weighted by molar-refractivity contribution is 5.95. The van der Waals surface area contributed by atoms with Crippen molar-refractivity contribution in [3.63, 3.8) is 0 Å². The summed E-state index contributed by atoms with van der Waals surface area (Å²) in [5.74, 6) is -0.0428. The molecule has 1 aromatic heterocycles. The smallest absolute Gasteiger partial charge is 0.221 e. The Balaban J connectivity index is 2.63. The molecule has 1 amide bonds. The molecule has 0 saturated heterocycles. The zero-order valence-corrected chi connectivity index (χ0v) is 10.1. The number of aryl methyl sites for hydroxylation is 3. The fraction of sp³-hybridized carbons (Fsp3) is 0.308. The number of amides is 1. The molecule has 0 atom stereocenters. The van der Waals surface area contributed by atoms with Crippen molar-refractivity contribution in [3.8, 4) is 0 Å². The monoisotopic (exact) mass is 216 g/mol. The van der Waals surface area contributed by atoms with E-state index in [0.29, 0.717) is 0 Å². The standard InChI is InChI=1S/C13H16N2O/c1-7-5-11(15-10(4)16)6-12-13(7)8(2)9(3)14-12/h5-6,14H,1-4H3,(H,15,16). The number of H-pyrrole nitrogens is 1. The van der Waals surface area contributed by atoms with Gasteiger partial charge >= 0.3 is 0 Å². The van der Waals surface area contributed by atoms with E-state index in [-0.39, 0.29) is 5.91 Å². The number of benzene rings is 1. The Bertz CT molecular complexity index is 567. The number of hydrogen-bond acceptors (Lipinski definition) is 1. The van der Waals surface area contributed by atoms with Gasteiger partial charge in [0.2, 0.25) is 5.91 Å². The number of fused-ring (bicyclic) bond motifs is 1. The van der Waals surface area contributed by atoms with Crippen LogP contribution in [0, 0.1) is 20.8 Å². The molecule has 1 aromatic carbocycles. The molecule has 0 unspecified atom stereocenters. The summed E-state index contributed by atoms with van der Waals surface area (Å²) in [5, 5.41) is 4.06. The van der Waals surface area contributed by atoms with E-state index >= 15 is 0 Å². The summed E-state index contributed by atoms with van der Waals surface area (Å²) in [7, 11) is 0. The van der Waals surface area contributed by atoms with Crippen molar-refractivity contribution < 1.29 is 4.79 Å². The van der Waals surface area contributed by atoms with Gasteiger partial charge in [0.25, 0.3) is 0 Å². The predicted molar refractivity (Wildman–Crippen MR) is 66.8 cm³/mol. The van der Waals surface area contributed by atoms with Gasteiger partial charge in [-0.2, -0.15) is 0 Å². The third-order valence-corrected chi connectivity index (χ3v) is 2.92. The second-order valence-electron chi connectivity index (χ2n) is 4.27. The molecule has 0 aliphatic heterocycles. The van der Waals surface area contributed by atoms with Crippen LogP contribution in [-0.4, -0.2) is 10.9 Å². The van der Waals surface area contributed by atoms with Gasteiger partial charge in [-0.25, -0.2) is 0 Å². The van der Waals surface area contributed by atoms with Crippen LogP contribution in [0.3, 0.4) is 0 Å². The number of anilines is 1. The van der Waals surface area contributed by atoms with Gasteiger partial charge in [-0.05, 0) is 44.0 Å². The van der Waals surface area contributed by atoms with Crippen LogP contribution in [0.5, 0.6) is 0 Å². The van der Waals surface area contributed by atoms with Crippen molar-refractivity contribution in [2.45, 2.75) is 27.7 Å². The highest BCUT2D eigenvalue weighted by atomic mass is 16.1. The zero-order chi connectivity index (χ0) is 11.9. The van der Waals surface area contributed by atoms with Crippen molar-refractivity contribution in [1.82, 2.24) is 4.98 Å². The lowest BCUT2D eigenvalue weighted by molar-refractivity contribution is -0.114. The summed E-state index contributed by atoms with van der Waals surface area (Å²) in [6.07, 6.45) is 0. The summed E-state index contributed by atoms with van der Waals surface area (Å²) in [6, 6.07) is 3.98. The molecular formula is C13H16N2O. The van der Waals surface area contributed by atoms with Gasteiger partial charge in [0.05, 0.1) is 0 Å². The number of nitrogens with one attached hydrogen (secondary N) is 2. The second kappa shape index (κ2) is 3.67. The maximum absolute atomic E-state index is 11.0. The first kappa shape index (κ1) is 10.7. The zero-order valence-electron chi connectivity index (χ0n) is 10.1. The molecule has 2 aromatic rings. The summed E-state index contributed by atoms with van der Waals surface area (Å²) < 4.78 is 0. The SMILES string of the molecule is CC(=O)Nc1cc(C)c2c(C)c(C)[nH]c2c1. The van der Waals surface area contributed by atoms with Crippen molar-refractivity contribution in [2.24, 2.45) is 0 Å². The minimum absolute atomic E-state index is 0.0428. The third kappa shape index (κ3) is 1.69. The summed E-state index contributed by atoms with van der Waals surface area (Å²) in [6.45, 7) is 7.75. The lowest BCUT2D eigenvalue weighted by Gasteiger charge is -2.05. The fourth-order valence-electron chi connectivity index (χ4n) is 2.14. The maximum Gasteiger partial charge on any atom is 0.221 e. The average molecular weight is 216 g/mol. The van der Waals surface area contributed by atoms with Crippen molar-refractivity contribution in [2.75, 3.05) is 5.32 Å². The number of aromatic nitrogens is 1. The van der Waals surface area contributed by atoms with Crippen molar-refractivity contribution >= 4 is 22.5 Å². The summed E-state index contributed by atoms with van der Waals surface area (Å²) in [4.78, 5) is 14.3. The molecular weight excluding hydrogens is 200 g/mol. The minimum atomic E-state index is -0.0428. The van der Waals surface area contributed by atoms with Gasteiger partial charge in [0.1, 0.15) is 0 Å². The van der Waals surface area contributed by atoms with Crippen LogP contribution in [0.25, 0.3) is 10.9 Å². The normalized spacial score (nSPS) is 10.8. The van der Waals surface area contributed by atoms with E-state index < -0.39 is 0 Å². The van der Waals surface area contributed by atoms with E-state index in [4.69, 9.17) is 0 Å². The van der Waals surface area contributed by atoms with Gasteiger partial charge in [0.15, 0.2) is 0 Å². The Hall–Kier alpha value is -1.77. The highest BCUT2D eigenvalue weighted by Gasteiger charge is 2.08. The van der Waals surface area contributed by atoms with E-state index in [9.17, 15) is 4.79 Å². The molecule has 3 heteroatoms. The molecule has 0 saturated carbocycles. The average Bonchev–Trinajstić information content (AvgIpc) is 2.41. The van der Waals surface area contributed by atoms with Crippen LogP contribution < -0.4 is 5.32 Å².